The van der Waals surface area contributed by atoms with Gasteiger partial charge in [-0.05, 0) is 37.9 Å². The molecule has 184 valence electrons. The molecule has 8 nitrogen and oxygen atoms in total. The molecule has 1 N–H and O–H groups in total. The number of anilines is 1. The summed E-state index contributed by atoms with van der Waals surface area (Å²) in [5, 5.41) is 6.13. The van der Waals surface area contributed by atoms with Gasteiger partial charge in [0.2, 0.25) is 5.75 Å². The van der Waals surface area contributed by atoms with E-state index < -0.39 is 0 Å². The van der Waals surface area contributed by atoms with Gasteiger partial charge in [-0.2, -0.15) is 9.97 Å². The van der Waals surface area contributed by atoms with Crippen molar-refractivity contribution in [3.05, 3.63) is 47.0 Å². The van der Waals surface area contributed by atoms with E-state index in [0.717, 1.165) is 61.3 Å². The topological polar surface area (TPSA) is 72.0 Å². The number of likely N-dealkylation sites (N-methyl/N-ethyl adjacent to an activating group) is 1. The molecule has 6 rings (SSSR count). The average Bonchev–Trinajstić information content (AvgIpc) is 3.31. The van der Waals surface area contributed by atoms with Gasteiger partial charge in [-0.1, -0.05) is 41.9 Å². The first kappa shape index (κ1) is 22.6. The maximum atomic E-state index is 6.59. The van der Waals surface area contributed by atoms with Crippen molar-refractivity contribution in [3.8, 4) is 17.6 Å². The van der Waals surface area contributed by atoms with E-state index in [1.54, 1.807) is 0 Å². The molecule has 0 radical (unpaired) electrons. The summed E-state index contributed by atoms with van der Waals surface area (Å²) < 4.78 is 18.9. The van der Waals surface area contributed by atoms with Crippen LogP contribution in [-0.4, -0.2) is 73.9 Å². The standard InChI is InChI=1S/C26H30ClN5O3/c1-31-12-4-7-18(31)15-34-26-29-24(32-13-10-28-11-14-32)23-25(30-26)35-21(16-33-23)19-8-2-5-17-6-3-9-20(27)22(17)19/h2-3,5-6,8-9,18,21,28H,4,7,10-16H2,1H3/t18-,21?/m0/s1. The highest BCUT2D eigenvalue weighted by Gasteiger charge is 2.32. The van der Waals surface area contributed by atoms with Crippen LogP contribution in [0.15, 0.2) is 36.4 Å². The fourth-order valence-corrected chi connectivity index (χ4v) is 5.49. The van der Waals surface area contributed by atoms with Gasteiger partial charge >= 0.3 is 6.01 Å². The van der Waals surface area contributed by atoms with E-state index in [0.29, 0.717) is 41.9 Å². The molecule has 0 aliphatic carbocycles. The van der Waals surface area contributed by atoms with Crippen molar-refractivity contribution in [2.45, 2.75) is 25.0 Å². The van der Waals surface area contributed by atoms with Crippen LogP contribution in [0.2, 0.25) is 5.02 Å². The minimum atomic E-state index is -0.342. The first-order valence-electron chi connectivity index (χ1n) is 12.3. The summed E-state index contributed by atoms with van der Waals surface area (Å²) in [5.41, 5.74) is 0.983. The van der Waals surface area contributed by atoms with Crippen molar-refractivity contribution in [2.75, 3.05) is 57.9 Å². The van der Waals surface area contributed by atoms with Gasteiger partial charge in [0.15, 0.2) is 11.9 Å². The van der Waals surface area contributed by atoms with Crippen LogP contribution in [0.3, 0.4) is 0 Å². The molecular weight excluding hydrogens is 466 g/mol. The Morgan fingerprint density at radius 1 is 1.11 bits per heavy atom. The molecule has 1 unspecified atom stereocenters. The lowest BCUT2D eigenvalue weighted by atomic mass is 10.0. The number of piperazine rings is 1. The number of ether oxygens (including phenoxy) is 3. The third-order valence-corrected chi connectivity index (χ3v) is 7.47. The molecule has 0 spiro atoms. The van der Waals surface area contributed by atoms with Crippen molar-refractivity contribution in [2.24, 2.45) is 0 Å². The lowest BCUT2D eigenvalue weighted by molar-refractivity contribution is 0.0832. The van der Waals surface area contributed by atoms with Gasteiger partial charge in [0.05, 0.1) is 0 Å². The lowest BCUT2D eigenvalue weighted by Crippen LogP contribution is -2.44. The predicted octanol–water partition coefficient (Wildman–Crippen LogP) is 3.68. The third-order valence-electron chi connectivity index (χ3n) is 7.15. The van der Waals surface area contributed by atoms with Crippen LogP contribution >= 0.6 is 11.6 Å². The van der Waals surface area contributed by atoms with Crippen molar-refractivity contribution in [1.29, 1.82) is 0 Å². The van der Waals surface area contributed by atoms with Crippen LogP contribution in [0, 0.1) is 0 Å². The van der Waals surface area contributed by atoms with Crippen molar-refractivity contribution in [1.82, 2.24) is 20.2 Å². The molecule has 4 heterocycles. The second-order valence-corrected chi connectivity index (χ2v) is 9.80. The normalized spacial score (nSPS) is 22.5. The maximum Gasteiger partial charge on any atom is 0.322 e. The number of hydrogen-bond donors (Lipinski definition) is 1. The number of nitrogens with zero attached hydrogens (tertiary/aromatic N) is 4. The molecule has 35 heavy (non-hydrogen) atoms. The summed E-state index contributed by atoms with van der Waals surface area (Å²) in [4.78, 5) is 14.0. The summed E-state index contributed by atoms with van der Waals surface area (Å²) in [6.07, 6.45) is 1.97. The number of halogens is 1. The fourth-order valence-electron chi connectivity index (χ4n) is 5.19. The molecule has 0 amide bonds. The smallest absolute Gasteiger partial charge is 0.322 e. The van der Waals surface area contributed by atoms with Gasteiger partial charge in [0.1, 0.15) is 13.2 Å². The van der Waals surface area contributed by atoms with E-state index in [9.17, 15) is 0 Å². The Morgan fingerprint density at radius 2 is 1.94 bits per heavy atom. The van der Waals surface area contributed by atoms with Crippen LogP contribution in [0.5, 0.6) is 17.6 Å². The minimum absolute atomic E-state index is 0.331. The number of fused-ring (bicyclic) bond motifs is 2. The Labute approximate surface area is 210 Å². The van der Waals surface area contributed by atoms with Crippen molar-refractivity contribution >= 4 is 28.2 Å². The van der Waals surface area contributed by atoms with Crippen LogP contribution < -0.4 is 24.4 Å². The predicted molar refractivity (Wildman–Crippen MR) is 136 cm³/mol. The Balaban J connectivity index is 1.33. The first-order valence-corrected chi connectivity index (χ1v) is 12.7. The lowest BCUT2D eigenvalue weighted by Gasteiger charge is -2.33. The largest absolute Gasteiger partial charge is 0.481 e. The quantitative estimate of drug-likeness (QED) is 0.575. The molecule has 2 fully saturated rings. The Kier molecular flexibility index (Phi) is 6.26. The summed E-state index contributed by atoms with van der Waals surface area (Å²) in [7, 11) is 2.14. The summed E-state index contributed by atoms with van der Waals surface area (Å²) in [5.74, 6) is 1.74. The zero-order chi connectivity index (χ0) is 23.8. The molecular formula is C26H30ClN5O3. The molecule has 0 bridgehead atoms. The second-order valence-electron chi connectivity index (χ2n) is 9.39. The number of aromatic nitrogens is 2. The maximum absolute atomic E-state index is 6.59. The fraction of sp³-hybridized carbons (Fsp3) is 0.462. The van der Waals surface area contributed by atoms with Crippen LogP contribution in [0.1, 0.15) is 24.5 Å². The Morgan fingerprint density at radius 3 is 2.74 bits per heavy atom. The van der Waals surface area contributed by atoms with E-state index in [1.165, 1.54) is 6.42 Å². The minimum Gasteiger partial charge on any atom is -0.481 e. The van der Waals surface area contributed by atoms with Gasteiger partial charge in [-0.25, -0.2) is 0 Å². The van der Waals surface area contributed by atoms with E-state index in [4.69, 9.17) is 30.8 Å². The number of hydrogen-bond acceptors (Lipinski definition) is 8. The molecule has 1 aromatic heterocycles. The van der Waals surface area contributed by atoms with Gasteiger partial charge in [-0.3, -0.25) is 0 Å². The molecule has 0 saturated carbocycles. The molecule has 3 aliphatic heterocycles. The molecule has 2 atom stereocenters. The third kappa shape index (κ3) is 4.46. The number of likely N-dealkylation sites (tertiary alicyclic amines) is 1. The van der Waals surface area contributed by atoms with Crippen LogP contribution in [-0.2, 0) is 0 Å². The molecule has 2 aromatic carbocycles. The highest BCUT2D eigenvalue weighted by molar-refractivity contribution is 6.35. The summed E-state index contributed by atoms with van der Waals surface area (Å²) in [6.45, 7) is 5.45. The van der Waals surface area contributed by atoms with Crippen molar-refractivity contribution < 1.29 is 14.2 Å². The van der Waals surface area contributed by atoms with Crippen molar-refractivity contribution in [3.63, 3.8) is 0 Å². The Bertz CT molecular complexity index is 1210. The van der Waals surface area contributed by atoms with Gasteiger partial charge < -0.3 is 29.3 Å². The second kappa shape index (κ2) is 9.68. The van der Waals surface area contributed by atoms with Crippen LogP contribution in [0.4, 0.5) is 5.82 Å². The van der Waals surface area contributed by atoms with Gasteiger partial charge in [-0.15, -0.1) is 0 Å². The highest BCUT2D eigenvalue weighted by Crippen LogP contribution is 2.44. The number of nitrogens with one attached hydrogen (secondary N) is 1. The van der Waals surface area contributed by atoms with E-state index in [2.05, 4.69) is 39.3 Å². The summed E-state index contributed by atoms with van der Waals surface area (Å²) >= 11 is 6.59. The average molecular weight is 496 g/mol. The monoisotopic (exact) mass is 495 g/mol. The van der Waals surface area contributed by atoms with E-state index in [1.807, 2.05) is 24.3 Å². The number of benzene rings is 2. The number of rotatable bonds is 5. The molecule has 3 aromatic rings. The van der Waals surface area contributed by atoms with E-state index >= 15 is 0 Å². The zero-order valence-electron chi connectivity index (χ0n) is 19.9. The highest BCUT2D eigenvalue weighted by atomic mass is 35.5. The van der Waals surface area contributed by atoms with Crippen LogP contribution in [0.25, 0.3) is 10.8 Å². The van der Waals surface area contributed by atoms with Gasteiger partial charge in [0.25, 0.3) is 5.88 Å². The molecule has 2 saturated heterocycles. The zero-order valence-corrected chi connectivity index (χ0v) is 20.6. The van der Waals surface area contributed by atoms with Gasteiger partial charge in [0, 0.05) is 48.2 Å². The summed E-state index contributed by atoms with van der Waals surface area (Å²) in [6, 6.07) is 12.7. The SMILES string of the molecule is CN1CCC[C@H]1COc1nc2c(c(N3CCNCC3)n1)OCC(c1cccc3cccc(Cl)c13)O2. The Hall–Kier alpha value is -2.81. The molecule has 9 heteroatoms. The first-order chi connectivity index (χ1) is 17.2. The van der Waals surface area contributed by atoms with E-state index in [-0.39, 0.29) is 6.10 Å². The molecule has 3 aliphatic rings.